The molecule has 0 atom stereocenters. The average molecular weight is 318 g/mol. The van der Waals surface area contributed by atoms with E-state index in [-0.39, 0.29) is 5.97 Å². The summed E-state index contributed by atoms with van der Waals surface area (Å²) in [7, 11) is 1.43. The third kappa shape index (κ3) is 2.70. The van der Waals surface area contributed by atoms with Crippen LogP contribution in [0.2, 0.25) is 0 Å². The van der Waals surface area contributed by atoms with Crippen molar-refractivity contribution in [2.45, 2.75) is 13.8 Å². The maximum absolute atomic E-state index is 11.8. The van der Waals surface area contributed by atoms with Crippen molar-refractivity contribution in [2.75, 3.05) is 7.11 Å². The quantitative estimate of drug-likeness (QED) is 0.800. The molecular formula is C13H15InO2. The van der Waals surface area contributed by atoms with Crippen LogP contribution in [0.15, 0.2) is 34.2 Å². The molecule has 0 spiro atoms. The van der Waals surface area contributed by atoms with Gasteiger partial charge in [-0.3, -0.25) is 0 Å². The number of carbonyl (C=O) groups is 1. The van der Waals surface area contributed by atoms with Gasteiger partial charge in [-0.2, -0.15) is 0 Å². The Morgan fingerprint density at radius 1 is 1.31 bits per heavy atom. The number of ether oxygens (including phenoxy) is 1. The van der Waals surface area contributed by atoms with E-state index in [1.807, 2.05) is 44.2 Å². The van der Waals surface area contributed by atoms with Crippen LogP contribution < -0.4 is 0 Å². The van der Waals surface area contributed by atoms with E-state index in [0.717, 1.165) is 35.5 Å². The molecule has 1 rings (SSSR count). The number of hydrogen-bond acceptors (Lipinski definition) is 2. The number of carbonyl (C=O) groups excluding carboxylic acids is 1. The molecule has 2 radical (unpaired) electrons. The van der Waals surface area contributed by atoms with Crippen LogP contribution in [-0.2, 0) is 9.53 Å². The molecule has 0 aromatic heterocycles. The van der Waals surface area contributed by atoms with Gasteiger partial charge in [-0.05, 0) is 0 Å². The van der Waals surface area contributed by atoms with Gasteiger partial charge in [0, 0.05) is 0 Å². The number of hydrogen-bond donors (Lipinski definition) is 0. The van der Waals surface area contributed by atoms with Gasteiger partial charge in [-0.15, -0.1) is 0 Å². The Bertz CT molecular complexity index is 394. The van der Waals surface area contributed by atoms with Crippen LogP contribution in [0.3, 0.4) is 0 Å². The second-order valence-electron chi connectivity index (χ2n) is 4.06. The van der Waals surface area contributed by atoms with Gasteiger partial charge in [0.1, 0.15) is 0 Å². The van der Waals surface area contributed by atoms with E-state index >= 15 is 0 Å². The van der Waals surface area contributed by atoms with Gasteiger partial charge in [-0.25, -0.2) is 0 Å². The summed E-state index contributed by atoms with van der Waals surface area (Å²) in [5.41, 5.74) is 1.54. The fourth-order valence-corrected chi connectivity index (χ4v) is 3.39. The van der Waals surface area contributed by atoms with Crippen LogP contribution in [0.1, 0.15) is 19.4 Å². The van der Waals surface area contributed by atoms with Gasteiger partial charge in [0.25, 0.3) is 0 Å². The molecule has 82 valence electrons. The first kappa shape index (κ1) is 13.4. The number of methoxy groups -OCH3 is 1. The number of esters is 1. The van der Waals surface area contributed by atoms with Crippen LogP contribution in [0.25, 0.3) is 5.57 Å². The predicted molar refractivity (Wildman–Crippen MR) is 66.0 cm³/mol. The molecule has 2 nitrogen and oxygen atoms in total. The van der Waals surface area contributed by atoms with E-state index in [9.17, 15) is 4.79 Å². The summed E-state index contributed by atoms with van der Waals surface area (Å²) in [6.07, 6.45) is 0. The van der Waals surface area contributed by atoms with Crippen LogP contribution in [0.5, 0.6) is 0 Å². The molecule has 0 fully saturated rings. The third-order valence-electron chi connectivity index (χ3n) is 2.62. The van der Waals surface area contributed by atoms with Crippen LogP contribution in [-0.4, -0.2) is 37.5 Å². The standard InChI is InChI=1S/C13H15O2.In/c1-10(11-8-6-5-7-9-11)13(2,3)12(14)15-4;/h1,5-9H,2-4H3;. The van der Waals surface area contributed by atoms with Crippen LogP contribution in [0.4, 0.5) is 0 Å². The summed E-state index contributed by atoms with van der Waals surface area (Å²) in [6, 6.07) is 9.97. The summed E-state index contributed by atoms with van der Waals surface area (Å²) in [5, 5.41) is 0. The van der Waals surface area contributed by atoms with Crippen molar-refractivity contribution in [2.24, 2.45) is 5.41 Å². The molecule has 0 heterocycles. The van der Waals surface area contributed by atoms with Crippen molar-refractivity contribution < 1.29 is 9.53 Å². The Kier molecular flexibility index (Phi) is 4.66. The predicted octanol–water partition coefficient (Wildman–Crippen LogP) is 2.40. The Labute approximate surface area is 111 Å². The molecule has 0 aliphatic rings. The van der Waals surface area contributed by atoms with Gasteiger partial charge in [0.05, 0.1) is 0 Å². The summed E-state index contributed by atoms with van der Waals surface area (Å²) in [4.78, 5) is 11.8. The van der Waals surface area contributed by atoms with E-state index in [2.05, 4.69) is 3.83 Å². The molecule has 0 N–H and O–H groups in total. The fraction of sp³-hybridized carbons (Fsp3) is 0.308. The van der Waals surface area contributed by atoms with Crippen molar-refractivity contribution in [1.82, 2.24) is 0 Å². The molecule has 1 aromatic rings. The average Bonchev–Trinajstić information content (AvgIpc) is 2.30. The van der Waals surface area contributed by atoms with Gasteiger partial charge >= 0.3 is 112 Å². The van der Waals surface area contributed by atoms with E-state index in [1.54, 1.807) is 0 Å². The molecular weight excluding hydrogens is 303 g/mol. The topological polar surface area (TPSA) is 26.3 Å². The molecule has 0 aliphatic heterocycles. The summed E-state index contributed by atoms with van der Waals surface area (Å²) in [6.45, 7) is 3.79. The van der Waals surface area contributed by atoms with Crippen molar-refractivity contribution >= 4 is 35.9 Å². The van der Waals surface area contributed by atoms with E-state index in [4.69, 9.17) is 4.74 Å². The van der Waals surface area contributed by atoms with Crippen molar-refractivity contribution in [3.63, 3.8) is 0 Å². The molecule has 0 amide bonds. The minimum atomic E-state index is -0.588. The molecule has 16 heavy (non-hydrogen) atoms. The maximum atomic E-state index is 11.8. The molecule has 3 heteroatoms. The van der Waals surface area contributed by atoms with E-state index in [0.29, 0.717) is 0 Å². The van der Waals surface area contributed by atoms with Gasteiger partial charge in [0.2, 0.25) is 0 Å². The van der Waals surface area contributed by atoms with Gasteiger partial charge < -0.3 is 0 Å². The summed E-state index contributed by atoms with van der Waals surface area (Å²) in [5.74, 6) is -0.197. The SMILES string of the molecule is COC(=O)C(C)(C)/C(=[CH]/[In])c1ccccc1. The van der Waals surface area contributed by atoms with Gasteiger partial charge in [-0.1, -0.05) is 0 Å². The van der Waals surface area contributed by atoms with Crippen molar-refractivity contribution in [3.8, 4) is 0 Å². The first-order valence-electron chi connectivity index (χ1n) is 5.10. The molecule has 0 saturated heterocycles. The second-order valence-corrected chi connectivity index (χ2v) is 5.01. The first-order valence-corrected chi connectivity index (χ1v) is 7.00. The van der Waals surface area contributed by atoms with Crippen LogP contribution in [0, 0.1) is 5.41 Å². The second kappa shape index (κ2) is 5.58. The normalized spacial score (nSPS) is 12.3. The minimum absolute atomic E-state index is 0.197. The molecule has 1 aromatic carbocycles. The van der Waals surface area contributed by atoms with Crippen LogP contribution >= 0.6 is 0 Å². The molecule has 0 unspecified atom stereocenters. The Morgan fingerprint density at radius 2 is 1.88 bits per heavy atom. The number of benzene rings is 1. The Morgan fingerprint density at radius 3 is 2.31 bits per heavy atom. The zero-order valence-corrected chi connectivity index (χ0v) is 13.2. The Balaban J connectivity index is 3.15. The van der Waals surface area contributed by atoms with Gasteiger partial charge in [0.15, 0.2) is 0 Å². The molecule has 0 bridgehead atoms. The fourth-order valence-electron chi connectivity index (χ4n) is 1.65. The van der Waals surface area contributed by atoms with E-state index in [1.165, 1.54) is 7.11 Å². The third-order valence-corrected chi connectivity index (χ3v) is 3.57. The Hall–Kier alpha value is -0.700. The van der Waals surface area contributed by atoms with E-state index < -0.39 is 5.41 Å². The summed E-state index contributed by atoms with van der Waals surface area (Å²) < 4.78 is 6.95. The zero-order valence-electron chi connectivity index (χ0n) is 9.86. The first-order chi connectivity index (χ1) is 7.54. The molecule has 0 saturated carbocycles. The van der Waals surface area contributed by atoms with Crippen molar-refractivity contribution in [1.29, 1.82) is 0 Å². The zero-order chi connectivity index (χ0) is 12.2. The summed E-state index contributed by atoms with van der Waals surface area (Å²) >= 11 is 0.982. The molecule has 0 aliphatic carbocycles. The monoisotopic (exact) mass is 318 g/mol. The van der Waals surface area contributed by atoms with Crippen molar-refractivity contribution in [3.05, 3.63) is 39.7 Å². The number of rotatable bonds is 3.